The van der Waals surface area contributed by atoms with E-state index in [0.717, 1.165) is 24.0 Å². The number of carbonyl (C=O) groups excluding carboxylic acids is 2. The van der Waals surface area contributed by atoms with Crippen molar-refractivity contribution in [2.24, 2.45) is 0 Å². The average molecular weight is 563 g/mol. The molecular weight excluding hydrogens is 537 g/mol. The van der Waals surface area contributed by atoms with Gasteiger partial charge in [-0.25, -0.2) is 13.2 Å². The Balaban J connectivity index is 1.40. The van der Waals surface area contributed by atoms with Crippen molar-refractivity contribution in [1.29, 1.82) is 0 Å². The van der Waals surface area contributed by atoms with Crippen LogP contribution in [0.15, 0.2) is 72.8 Å². The molecule has 1 aliphatic heterocycles. The van der Waals surface area contributed by atoms with Crippen LogP contribution in [0.5, 0.6) is 5.75 Å². The van der Waals surface area contributed by atoms with Crippen molar-refractivity contribution in [1.82, 2.24) is 5.32 Å². The Hall–Kier alpha value is -4.26. The number of amides is 3. The zero-order valence-electron chi connectivity index (χ0n) is 20.7. The minimum atomic E-state index is -4.82. The number of alkyl halides is 3. The first-order valence-corrected chi connectivity index (χ1v) is 13.7. The van der Waals surface area contributed by atoms with Gasteiger partial charge in [0.25, 0.3) is 0 Å². The molecule has 3 amide bonds. The summed E-state index contributed by atoms with van der Waals surface area (Å²) in [5, 5.41) is 5.11. The Kier molecular flexibility index (Phi) is 8.00. The molecule has 1 aliphatic rings. The van der Waals surface area contributed by atoms with Crippen molar-refractivity contribution < 1.29 is 35.9 Å². The van der Waals surface area contributed by atoms with Crippen LogP contribution in [0.25, 0.3) is 11.1 Å². The molecule has 0 aliphatic carbocycles. The van der Waals surface area contributed by atoms with Crippen LogP contribution in [-0.4, -0.2) is 45.6 Å². The number of nitrogens with one attached hydrogen (secondary N) is 3. The van der Waals surface area contributed by atoms with Gasteiger partial charge in [-0.3, -0.25) is 9.52 Å². The van der Waals surface area contributed by atoms with E-state index in [1.807, 2.05) is 0 Å². The summed E-state index contributed by atoms with van der Waals surface area (Å²) in [6.45, 7) is 0.449. The minimum absolute atomic E-state index is 0.225. The highest BCUT2D eigenvalue weighted by molar-refractivity contribution is 7.92. The molecule has 0 unspecified atom stereocenters. The van der Waals surface area contributed by atoms with E-state index in [1.165, 1.54) is 12.1 Å². The van der Waals surface area contributed by atoms with Gasteiger partial charge < -0.3 is 20.3 Å². The maximum Gasteiger partial charge on any atom is 0.573 e. The van der Waals surface area contributed by atoms with Crippen LogP contribution in [0, 0.1) is 0 Å². The minimum Gasteiger partial charge on any atom is -0.406 e. The molecule has 0 saturated carbocycles. The lowest BCUT2D eigenvalue weighted by Gasteiger charge is -2.32. The summed E-state index contributed by atoms with van der Waals surface area (Å²) in [4.78, 5) is 27.2. The molecule has 1 atom stereocenters. The number of halogens is 3. The number of hydrogen-bond acceptors (Lipinski definition) is 5. The molecule has 3 aromatic carbocycles. The first-order valence-electron chi connectivity index (χ1n) is 11.8. The number of ether oxygens (including phenoxy) is 1. The monoisotopic (exact) mass is 562 g/mol. The maximum absolute atomic E-state index is 13.1. The molecule has 3 N–H and O–H groups in total. The molecule has 206 valence electrons. The van der Waals surface area contributed by atoms with E-state index in [2.05, 4.69) is 20.1 Å². The highest BCUT2D eigenvalue weighted by Gasteiger charge is 2.32. The molecule has 4 rings (SSSR count). The second-order valence-corrected chi connectivity index (χ2v) is 10.6. The van der Waals surface area contributed by atoms with Crippen LogP contribution in [-0.2, 0) is 14.8 Å². The zero-order valence-corrected chi connectivity index (χ0v) is 21.5. The number of anilines is 3. The predicted octanol–water partition coefficient (Wildman–Crippen LogP) is 4.94. The fourth-order valence-electron chi connectivity index (χ4n) is 4.18. The normalized spacial score (nSPS) is 15.9. The molecule has 0 bridgehead atoms. The van der Waals surface area contributed by atoms with Crippen molar-refractivity contribution in [2.45, 2.75) is 25.2 Å². The third-order valence-corrected chi connectivity index (χ3v) is 6.39. The zero-order chi connectivity index (χ0) is 28.2. The van der Waals surface area contributed by atoms with E-state index in [-0.39, 0.29) is 11.6 Å². The quantitative estimate of drug-likeness (QED) is 0.377. The molecule has 0 aromatic heterocycles. The fraction of sp³-hybridized carbons (Fsp3) is 0.231. The number of piperidine rings is 1. The van der Waals surface area contributed by atoms with Gasteiger partial charge in [0.2, 0.25) is 15.9 Å². The van der Waals surface area contributed by atoms with Crippen LogP contribution in [0.1, 0.15) is 12.8 Å². The molecular formula is C26H25F3N4O5S. The fourth-order valence-corrected chi connectivity index (χ4v) is 4.75. The van der Waals surface area contributed by atoms with E-state index < -0.39 is 34.2 Å². The van der Waals surface area contributed by atoms with Crippen LogP contribution < -0.4 is 25.0 Å². The van der Waals surface area contributed by atoms with Crippen molar-refractivity contribution in [3.63, 3.8) is 0 Å². The molecule has 13 heteroatoms. The second-order valence-electron chi connectivity index (χ2n) is 8.82. The first kappa shape index (κ1) is 27.8. The predicted molar refractivity (Wildman–Crippen MR) is 141 cm³/mol. The Bertz CT molecular complexity index is 1450. The first-order chi connectivity index (χ1) is 18.4. The Morgan fingerprint density at radius 2 is 1.67 bits per heavy atom. The highest BCUT2D eigenvalue weighted by Crippen LogP contribution is 2.31. The molecule has 0 radical (unpaired) electrons. The number of carbonyl (C=O) groups is 2. The Morgan fingerprint density at radius 1 is 1.00 bits per heavy atom. The number of benzene rings is 3. The summed E-state index contributed by atoms with van der Waals surface area (Å²) < 4.78 is 66.7. The Labute approximate surface area is 223 Å². The molecule has 3 aromatic rings. The van der Waals surface area contributed by atoms with Gasteiger partial charge in [0.05, 0.1) is 11.9 Å². The standard InChI is InChI=1S/C26H25F3N4O5S/c1-39(36,37)32-22-6-3-2-5-21(22)17-8-12-19(13-9-17)33-16-4-7-23(24(33)34)31-25(35)30-18-10-14-20(15-11-18)38-26(27,28)29/h2-3,5-6,8-15,23,32H,4,7,16H2,1H3,(H2,30,31,35)/t23-/m1/s1. The van der Waals surface area contributed by atoms with Crippen LogP contribution in [0.4, 0.5) is 35.0 Å². The highest BCUT2D eigenvalue weighted by atomic mass is 32.2. The number of urea groups is 1. The van der Waals surface area contributed by atoms with Crippen molar-refractivity contribution in [3.05, 3.63) is 72.8 Å². The van der Waals surface area contributed by atoms with Gasteiger partial charge in [-0.1, -0.05) is 30.3 Å². The van der Waals surface area contributed by atoms with Crippen molar-refractivity contribution in [3.8, 4) is 16.9 Å². The summed E-state index contributed by atoms with van der Waals surface area (Å²) in [6.07, 6.45) is -2.70. The summed E-state index contributed by atoms with van der Waals surface area (Å²) in [5.74, 6) is -0.732. The Morgan fingerprint density at radius 3 is 2.31 bits per heavy atom. The molecule has 0 spiro atoms. The van der Waals surface area contributed by atoms with Crippen molar-refractivity contribution >= 4 is 39.0 Å². The SMILES string of the molecule is CS(=O)(=O)Nc1ccccc1-c1ccc(N2CCC[C@@H](NC(=O)Nc3ccc(OC(F)(F)F)cc3)C2=O)cc1. The molecule has 1 fully saturated rings. The number of nitrogens with zero attached hydrogens (tertiary/aromatic N) is 1. The molecule has 39 heavy (non-hydrogen) atoms. The van der Waals surface area contributed by atoms with Gasteiger partial charge in [0.1, 0.15) is 11.8 Å². The van der Waals surface area contributed by atoms with Gasteiger partial charge >= 0.3 is 12.4 Å². The van der Waals surface area contributed by atoms with Crippen LogP contribution >= 0.6 is 0 Å². The van der Waals surface area contributed by atoms with Crippen LogP contribution in [0.2, 0.25) is 0 Å². The number of sulfonamides is 1. The lowest BCUT2D eigenvalue weighted by Crippen LogP contribution is -2.53. The van der Waals surface area contributed by atoms with E-state index >= 15 is 0 Å². The van der Waals surface area contributed by atoms with Gasteiger partial charge in [0, 0.05) is 23.5 Å². The van der Waals surface area contributed by atoms with Gasteiger partial charge in [-0.2, -0.15) is 0 Å². The average Bonchev–Trinajstić information content (AvgIpc) is 2.85. The largest absolute Gasteiger partial charge is 0.573 e. The van der Waals surface area contributed by atoms with Gasteiger partial charge in [-0.05, 0) is 60.9 Å². The number of hydrogen-bond donors (Lipinski definition) is 3. The topological polar surface area (TPSA) is 117 Å². The second kappa shape index (κ2) is 11.2. The molecule has 1 saturated heterocycles. The number of rotatable bonds is 7. The molecule has 1 heterocycles. The maximum atomic E-state index is 13.1. The lowest BCUT2D eigenvalue weighted by molar-refractivity contribution is -0.274. The lowest BCUT2D eigenvalue weighted by atomic mass is 10.0. The van der Waals surface area contributed by atoms with Gasteiger partial charge in [-0.15, -0.1) is 13.2 Å². The molecule has 9 nitrogen and oxygen atoms in total. The van der Waals surface area contributed by atoms with E-state index in [1.54, 1.807) is 53.4 Å². The third kappa shape index (κ3) is 7.63. The van der Waals surface area contributed by atoms with Crippen LogP contribution in [0.3, 0.4) is 0 Å². The van der Waals surface area contributed by atoms with E-state index in [4.69, 9.17) is 0 Å². The van der Waals surface area contributed by atoms with Gasteiger partial charge in [0.15, 0.2) is 0 Å². The van der Waals surface area contributed by atoms with E-state index in [0.29, 0.717) is 36.3 Å². The summed E-state index contributed by atoms with van der Waals surface area (Å²) in [5.41, 5.74) is 2.69. The van der Waals surface area contributed by atoms with E-state index in [9.17, 15) is 31.2 Å². The summed E-state index contributed by atoms with van der Waals surface area (Å²) >= 11 is 0. The number of para-hydroxylation sites is 1. The third-order valence-electron chi connectivity index (χ3n) is 5.80. The summed E-state index contributed by atoms with van der Waals surface area (Å²) in [6, 6.07) is 17.2. The van der Waals surface area contributed by atoms with Crippen molar-refractivity contribution in [2.75, 3.05) is 27.7 Å². The summed E-state index contributed by atoms with van der Waals surface area (Å²) in [7, 11) is -3.47. The smallest absolute Gasteiger partial charge is 0.406 e.